The molecule has 2 saturated carbocycles. The van der Waals surface area contributed by atoms with Gasteiger partial charge in [0.05, 0.1) is 0 Å². The zero-order valence-corrected chi connectivity index (χ0v) is 12.4. The molecule has 1 aliphatic heterocycles. The Morgan fingerprint density at radius 2 is 1.67 bits per heavy atom. The van der Waals surface area contributed by atoms with Gasteiger partial charge in [-0.05, 0) is 64.2 Å². The molecule has 1 saturated heterocycles. The van der Waals surface area contributed by atoms with Gasteiger partial charge in [-0.1, -0.05) is 6.92 Å². The van der Waals surface area contributed by atoms with Crippen LogP contribution in [0.2, 0.25) is 0 Å². The van der Waals surface area contributed by atoms with E-state index in [1.165, 1.54) is 51.6 Å². The molecule has 0 amide bonds. The minimum Gasteiger partial charge on any atom is -0.308 e. The Bertz CT molecular complexity index is 291. The molecule has 18 heavy (non-hydrogen) atoms. The van der Waals surface area contributed by atoms with Crippen LogP contribution in [0, 0.1) is 11.8 Å². The van der Waals surface area contributed by atoms with Gasteiger partial charge in [-0.2, -0.15) is 0 Å². The quantitative estimate of drug-likeness (QED) is 0.810. The fourth-order valence-electron chi connectivity index (χ4n) is 4.15. The van der Waals surface area contributed by atoms with E-state index in [1.54, 1.807) is 0 Å². The Kier molecular flexibility index (Phi) is 3.44. The third kappa shape index (κ3) is 2.46. The number of nitrogens with one attached hydrogen (secondary N) is 1. The molecule has 1 N–H and O–H groups in total. The van der Waals surface area contributed by atoms with Crippen molar-refractivity contribution in [3.05, 3.63) is 0 Å². The van der Waals surface area contributed by atoms with Gasteiger partial charge in [0.2, 0.25) is 0 Å². The van der Waals surface area contributed by atoms with Crippen molar-refractivity contribution in [2.75, 3.05) is 13.1 Å². The fourth-order valence-corrected chi connectivity index (χ4v) is 4.15. The van der Waals surface area contributed by atoms with Gasteiger partial charge in [0, 0.05) is 30.7 Å². The van der Waals surface area contributed by atoms with Crippen LogP contribution in [-0.4, -0.2) is 35.6 Å². The number of hydrogen-bond acceptors (Lipinski definition) is 2. The monoisotopic (exact) mass is 250 g/mol. The normalized spacial score (nSPS) is 47.2. The van der Waals surface area contributed by atoms with E-state index in [-0.39, 0.29) is 0 Å². The zero-order valence-electron chi connectivity index (χ0n) is 12.4. The lowest BCUT2D eigenvalue weighted by atomic mass is 9.83. The van der Waals surface area contributed by atoms with Crippen LogP contribution in [0.5, 0.6) is 0 Å². The van der Waals surface area contributed by atoms with Crippen molar-refractivity contribution in [3.8, 4) is 0 Å². The minimum atomic E-state index is 0.412. The van der Waals surface area contributed by atoms with Gasteiger partial charge in [0.15, 0.2) is 0 Å². The average Bonchev–Trinajstić information content (AvgIpc) is 3.18. The molecule has 1 heterocycles. The molecule has 0 aromatic heterocycles. The molecule has 0 aromatic rings. The van der Waals surface area contributed by atoms with Crippen molar-refractivity contribution in [3.63, 3.8) is 0 Å². The van der Waals surface area contributed by atoms with Crippen molar-refractivity contribution < 1.29 is 0 Å². The molecule has 2 nitrogen and oxygen atoms in total. The van der Waals surface area contributed by atoms with Crippen LogP contribution in [0.3, 0.4) is 0 Å². The molecule has 2 aliphatic carbocycles. The molecule has 3 rings (SSSR count). The van der Waals surface area contributed by atoms with Crippen LogP contribution < -0.4 is 5.32 Å². The first-order valence-corrected chi connectivity index (χ1v) is 8.09. The molecule has 0 aromatic carbocycles. The predicted molar refractivity (Wildman–Crippen MR) is 76.7 cm³/mol. The first-order valence-electron chi connectivity index (χ1n) is 8.09. The summed E-state index contributed by atoms with van der Waals surface area (Å²) in [5.74, 6) is 1.92. The summed E-state index contributed by atoms with van der Waals surface area (Å²) in [6.07, 6.45) is 8.67. The van der Waals surface area contributed by atoms with Crippen LogP contribution >= 0.6 is 0 Å². The third-order valence-corrected chi connectivity index (χ3v) is 5.81. The van der Waals surface area contributed by atoms with Crippen molar-refractivity contribution in [2.45, 2.75) is 76.9 Å². The van der Waals surface area contributed by atoms with Gasteiger partial charge in [0.1, 0.15) is 0 Å². The molecule has 0 spiro atoms. The molecule has 2 heteroatoms. The van der Waals surface area contributed by atoms with Crippen molar-refractivity contribution in [1.82, 2.24) is 10.2 Å². The molecule has 2 unspecified atom stereocenters. The first kappa shape index (κ1) is 12.9. The van der Waals surface area contributed by atoms with Crippen LogP contribution in [0.1, 0.15) is 59.3 Å². The van der Waals surface area contributed by atoms with E-state index in [9.17, 15) is 0 Å². The molecule has 0 radical (unpaired) electrons. The van der Waals surface area contributed by atoms with Crippen LogP contribution in [0.4, 0.5) is 0 Å². The Morgan fingerprint density at radius 1 is 1.00 bits per heavy atom. The summed E-state index contributed by atoms with van der Waals surface area (Å²) < 4.78 is 0. The molecule has 0 bridgehead atoms. The van der Waals surface area contributed by atoms with Gasteiger partial charge in [-0.25, -0.2) is 0 Å². The van der Waals surface area contributed by atoms with Crippen LogP contribution in [0.25, 0.3) is 0 Å². The van der Waals surface area contributed by atoms with Crippen molar-refractivity contribution in [2.24, 2.45) is 11.8 Å². The lowest BCUT2D eigenvalue weighted by molar-refractivity contribution is 0.0267. The molecule has 2 atom stereocenters. The van der Waals surface area contributed by atoms with Crippen LogP contribution in [-0.2, 0) is 0 Å². The Balaban J connectivity index is 1.65. The summed E-state index contributed by atoms with van der Waals surface area (Å²) in [6.45, 7) is 9.79. The molecular formula is C16H30N2. The SMILES string of the molecule is CC1CCC(N2CC(C)(C3CC3)NCC2C)CC1. The highest BCUT2D eigenvalue weighted by atomic mass is 15.3. The second-order valence-corrected chi connectivity index (χ2v) is 7.51. The summed E-state index contributed by atoms with van der Waals surface area (Å²) in [7, 11) is 0. The first-order chi connectivity index (χ1) is 8.58. The summed E-state index contributed by atoms with van der Waals surface area (Å²) in [4.78, 5) is 2.85. The smallest absolute Gasteiger partial charge is 0.0309 e. The highest BCUT2D eigenvalue weighted by Gasteiger charge is 2.46. The van der Waals surface area contributed by atoms with Crippen LogP contribution in [0.15, 0.2) is 0 Å². The lowest BCUT2D eigenvalue weighted by Gasteiger charge is -2.50. The van der Waals surface area contributed by atoms with E-state index >= 15 is 0 Å². The van der Waals surface area contributed by atoms with Gasteiger partial charge in [0.25, 0.3) is 0 Å². The van der Waals surface area contributed by atoms with E-state index in [1.807, 2.05) is 0 Å². The minimum absolute atomic E-state index is 0.412. The number of hydrogen-bond donors (Lipinski definition) is 1. The summed E-state index contributed by atoms with van der Waals surface area (Å²) in [6, 6.07) is 1.60. The number of rotatable bonds is 2. The van der Waals surface area contributed by atoms with Gasteiger partial charge < -0.3 is 5.32 Å². The topological polar surface area (TPSA) is 15.3 Å². The highest BCUT2D eigenvalue weighted by molar-refractivity contribution is 5.04. The summed E-state index contributed by atoms with van der Waals surface area (Å²) in [5, 5.41) is 3.84. The second kappa shape index (κ2) is 4.79. The van der Waals surface area contributed by atoms with Gasteiger partial charge >= 0.3 is 0 Å². The summed E-state index contributed by atoms with van der Waals surface area (Å²) >= 11 is 0. The number of nitrogens with zero attached hydrogens (tertiary/aromatic N) is 1. The van der Waals surface area contributed by atoms with E-state index < -0.39 is 0 Å². The van der Waals surface area contributed by atoms with E-state index in [4.69, 9.17) is 0 Å². The Labute approximate surface area is 113 Å². The van der Waals surface area contributed by atoms with E-state index in [2.05, 4.69) is 31.0 Å². The van der Waals surface area contributed by atoms with Crippen molar-refractivity contribution in [1.29, 1.82) is 0 Å². The standard InChI is InChI=1S/C16H30N2/c1-12-4-8-15(9-5-12)18-11-16(3,14-6-7-14)17-10-13(18)2/h12-15,17H,4-11H2,1-3H3. The third-order valence-electron chi connectivity index (χ3n) is 5.81. The summed E-state index contributed by atoms with van der Waals surface area (Å²) in [5.41, 5.74) is 0.412. The fraction of sp³-hybridized carbons (Fsp3) is 1.00. The van der Waals surface area contributed by atoms with Gasteiger partial charge in [-0.15, -0.1) is 0 Å². The Hall–Kier alpha value is -0.0800. The van der Waals surface area contributed by atoms with E-state index in [0.717, 1.165) is 23.9 Å². The largest absolute Gasteiger partial charge is 0.308 e. The average molecular weight is 250 g/mol. The lowest BCUT2D eigenvalue weighted by Crippen LogP contribution is -2.65. The molecule has 3 aliphatic rings. The maximum Gasteiger partial charge on any atom is 0.0309 e. The highest BCUT2D eigenvalue weighted by Crippen LogP contribution is 2.42. The maximum absolute atomic E-state index is 3.84. The molecule has 3 fully saturated rings. The second-order valence-electron chi connectivity index (χ2n) is 7.51. The molecule has 104 valence electrons. The van der Waals surface area contributed by atoms with Crippen molar-refractivity contribution >= 4 is 0 Å². The Morgan fingerprint density at radius 3 is 2.28 bits per heavy atom. The molecular weight excluding hydrogens is 220 g/mol. The van der Waals surface area contributed by atoms with E-state index in [0.29, 0.717) is 5.54 Å². The zero-order chi connectivity index (χ0) is 12.8. The number of piperazine rings is 1. The predicted octanol–water partition coefficient (Wildman–Crippen LogP) is 3.03. The maximum atomic E-state index is 3.84. The van der Waals surface area contributed by atoms with Gasteiger partial charge in [-0.3, -0.25) is 4.90 Å².